The fourth-order valence-electron chi connectivity index (χ4n) is 3.55. The smallest absolute Gasteiger partial charge is 0.258 e. The van der Waals surface area contributed by atoms with E-state index in [-0.39, 0.29) is 11.3 Å². The van der Waals surface area contributed by atoms with Crippen molar-refractivity contribution in [3.8, 4) is 17.2 Å². The molecule has 1 heterocycles. The third-order valence-electron chi connectivity index (χ3n) is 5.20. The van der Waals surface area contributed by atoms with Gasteiger partial charge in [0.1, 0.15) is 29.2 Å². The molecule has 3 aromatic carbocycles. The van der Waals surface area contributed by atoms with Crippen molar-refractivity contribution in [2.24, 2.45) is 0 Å². The molecule has 6 heteroatoms. The summed E-state index contributed by atoms with van der Waals surface area (Å²) in [6.45, 7) is 1.22. The molecule has 0 radical (unpaired) electrons. The molecule has 4 rings (SSSR count). The van der Waals surface area contributed by atoms with Crippen molar-refractivity contribution in [1.82, 2.24) is 4.90 Å². The molecule has 31 heavy (non-hydrogen) atoms. The monoisotopic (exact) mass is 435 g/mol. The Bertz CT molecular complexity index is 1020. The van der Waals surface area contributed by atoms with Crippen LogP contribution in [0, 0.1) is 0 Å². The Morgan fingerprint density at radius 1 is 0.968 bits per heavy atom. The van der Waals surface area contributed by atoms with Crippen LogP contribution in [0.1, 0.15) is 26.9 Å². The first-order chi connectivity index (χ1) is 15.2. The molecule has 0 N–H and O–H groups in total. The van der Waals surface area contributed by atoms with Gasteiger partial charge in [-0.25, -0.2) is 0 Å². The maximum atomic E-state index is 13.3. The van der Waals surface area contributed by atoms with E-state index in [1.54, 1.807) is 44.2 Å². The molecule has 1 saturated heterocycles. The minimum absolute atomic E-state index is 0.0394. The number of benzene rings is 3. The van der Waals surface area contributed by atoms with Crippen LogP contribution >= 0.6 is 11.8 Å². The zero-order valence-electron chi connectivity index (χ0n) is 17.6. The van der Waals surface area contributed by atoms with Crippen LogP contribution < -0.4 is 14.2 Å². The summed E-state index contributed by atoms with van der Waals surface area (Å²) in [7, 11) is 3.16. The Morgan fingerprint density at radius 3 is 2.42 bits per heavy atom. The Kier molecular flexibility index (Phi) is 6.67. The maximum absolute atomic E-state index is 13.3. The fraction of sp³-hybridized carbons (Fsp3) is 0.240. The largest absolute Gasteiger partial charge is 0.497 e. The van der Waals surface area contributed by atoms with E-state index in [9.17, 15) is 4.79 Å². The highest BCUT2D eigenvalue weighted by molar-refractivity contribution is 7.99. The molecular formula is C25H25NO4S. The molecule has 0 bridgehead atoms. The van der Waals surface area contributed by atoms with Gasteiger partial charge < -0.3 is 19.1 Å². The summed E-state index contributed by atoms with van der Waals surface area (Å²) in [5.74, 6) is 2.84. The first-order valence-corrected chi connectivity index (χ1v) is 11.2. The Morgan fingerprint density at radius 2 is 1.71 bits per heavy atom. The van der Waals surface area contributed by atoms with Gasteiger partial charge >= 0.3 is 0 Å². The van der Waals surface area contributed by atoms with E-state index >= 15 is 0 Å². The minimum atomic E-state index is -0.0427. The predicted molar refractivity (Wildman–Crippen MR) is 123 cm³/mol. The summed E-state index contributed by atoms with van der Waals surface area (Å²) in [6.07, 6.45) is 0. The van der Waals surface area contributed by atoms with Gasteiger partial charge in [-0.05, 0) is 35.4 Å². The topological polar surface area (TPSA) is 48.0 Å². The number of carbonyl (C=O) groups excluding carboxylic acids is 1. The van der Waals surface area contributed by atoms with Crippen LogP contribution in [-0.4, -0.2) is 37.3 Å². The Balaban J connectivity index is 1.47. The lowest BCUT2D eigenvalue weighted by Gasteiger charge is -2.25. The van der Waals surface area contributed by atoms with Crippen molar-refractivity contribution in [2.45, 2.75) is 12.0 Å². The molecule has 1 fully saturated rings. The van der Waals surface area contributed by atoms with Gasteiger partial charge in [-0.2, -0.15) is 0 Å². The summed E-state index contributed by atoms with van der Waals surface area (Å²) < 4.78 is 16.6. The van der Waals surface area contributed by atoms with Gasteiger partial charge in [0.25, 0.3) is 5.91 Å². The molecular weight excluding hydrogens is 410 g/mol. The summed E-state index contributed by atoms with van der Waals surface area (Å²) in [6, 6.07) is 23.4. The highest BCUT2D eigenvalue weighted by Gasteiger charge is 2.32. The van der Waals surface area contributed by atoms with E-state index in [1.807, 2.05) is 59.5 Å². The average molecular weight is 436 g/mol. The number of methoxy groups -OCH3 is 2. The van der Waals surface area contributed by atoms with Crippen molar-refractivity contribution >= 4 is 17.7 Å². The van der Waals surface area contributed by atoms with Crippen molar-refractivity contribution in [2.75, 3.05) is 26.5 Å². The van der Waals surface area contributed by atoms with Crippen LogP contribution in [0.3, 0.4) is 0 Å². The summed E-state index contributed by atoms with van der Waals surface area (Å²) in [5, 5.41) is -0.0394. The van der Waals surface area contributed by atoms with Gasteiger partial charge in [-0.3, -0.25) is 4.79 Å². The van der Waals surface area contributed by atoms with Gasteiger partial charge in [0.05, 0.1) is 19.8 Å². The van der Waals surface area contributed by atoms with Crippen molar-refractivity contribution in [1.29, 1.82) is 0 Å². The number of carbonyl (C=O) groups is 1. The molecule has 5 nitrogen and oxygen atoms in total. The first kappa shape index (κ1) is 21.1. The standard InChI is InChI=1S/C25H25NO4S/c1-28-21-12-13-22(23(16-21)29-2)24(27)26-14-15-31-25(26)19-8-10-20(11-9-19)30-17-18-6-4-3-5-7-18/h3-13,16,25H,14-15,17H2,1-2H3. The van der Waals surface area contributed by atoms with E-state index < -0.39 is 0 Å². The third kappa shape index (κ3) is 4.80. The van der Waals surface area contributed by atoms with E-state index in [4.69, 9.17) is 14.2 Å². The van der Waals surface area contributed by atoms with Crippen molar-refractivity contribution < 1.29 is 19.0 Å². The zero-order valence-corrected chi connectivity index (χ0v) is 18.4. The summed E-state index contributed by atoms with van der Waals surface area (Å²) >= 11 is 1.76. The van der Waals surface area contributed by atoms with Gasteiger partial charge in [-0.1, -0.05) is 42.5 Å². The molecule has 0 aliphatic carbocycles. The number of thioether (sulfide) groups is 1. The predicted octanol–water partition coefficient (Wildman–Crippen LogP) is 5.17. The lowest BCUT2D eigenvalue weighted by atomic mass is 10.1. The van der Waals surface area contributed by atoms with E-state index in [1.165, 1.54) is 0 Å². The van der Waals surface area contributed by atoms with Crippen molar-refractivity contribution in [3.63, 3.8) is 0 Å². The Hall–Kier alpha value is -3.12. The highest BCUT2D eigenvalue weighted by atomic mass is 32.2. The first-order valence-electron chi connectivity index (χ1n) is 10.1. The molecule has 1 aliphatic heterocycles. The second-order valence-electron chi connectivity index (χ2n) is 7.13. The number of ether oxygens (including phenoxy) is 3. The number of amides is 1. The molecule has 1 unspecified atom stereocenters. The second-order valence-corrected chi connectivity index (χ2v) is 8.32. The van der Waals surface area contributed by atoms with Crippen LogP contribution in [0.15, 0.2) is 72.8 Å². The quantitative estimate of drug-likeness (QED) is 0.512. The van der Waals surface area contributed by atoms with Crippen molar-refractivity contribution in [3.05, 3.63) is 89.5 Å². The molecule has 0 aromatic heterocycles. The van der Waals surface area contributed by atoms with E-state index in [0.29, 0.717) is 30.2 Å². The van der Waals surface area contributed by atoms with E-state index in [2.05, 4.69) is 0 Å². The van der Waals surface area contributed by atoms with Crippen LogP contribution in [0.25, 0.3) is 0 Å². The fourth-order valence-corrected chi connectivity index (χ4v) is 4.81. The highest BCUT2D eigenvalue weighted by Crippen LogP contribution is 2.40. The van der Waals surface area contributed by atoms with Gasteiger partial charge in [-0.15, -0.1) is 11.8 Å². The van der Waals surface area contributed by atoms with Gasteiger partial charge in [0.15, 0.2) is 0 Å². The number of nitrogens with zero attached hydrogens (tertiary/aromatic N) is 1. The maximum Gasteiger partial charge on any atom is 0.258 e. The summed E-state index contributed by atoms with van der Waals surface area (Å²) in [5.41, 5.74) is 2.75. The van der Waals surface area contributed by atoms with Crippen LogP contribution in [0.4, 0.5) is 0 Å². The normalized spacial score (nSPS) is 15.5. The molecule has 0 spiro atoms. The van der Waals surface area contributed by atoms with Crippen LogP contribution in [0.5, 0.6) is 17.2 Å². The number of hydrogen-bond acceptors (Lipinski definition) is 5. The average Bonchev–Trinajstić information content (AvgIpc) is 3.33. The molecule has 1 amide bonds. The molecule has 160 valence electrons. The molecule has 1 atom stereocenters. The third-order valence-corrected chi connectivity index (χ3v) is 6.47. The zero-order chi connectivity index (χ0) is 21.6. The molecule has 0 saturated carbocycles. The number of rotatable bonds is 7. The lowest BCUT2D eigenvalue weighted by molar-refractivity contribution is 0.0757. The second kappa shape index (κ2) is 9.79. The van der Waals surface area contributed by atoms with Crippen LogP contribution in [0.2, 0.25) is 0 Å². The molecule has 3 aromatic rings. The van der Waals surface area contributed by atoms with E-state index in [0.717, 1.165) is 22.6 Å². The molecule has 1 aliphatic rings. The van der Waals surface area contributed by atoms with Gasteiger partial charge in [0.2, 0.25) is 0 Å². The minimum Gasteiger partial charge on any atom is -0.497 e. The van der Waals surface area contributed by atoms with Gasteiger partial charge in [0, 0.05) is 18.4 Å². The SMILES string of the molecule is COc1ccc(C(=O)N2CCSC2c2ccc(OCc3ccccc3)cc2)c(OC)c1. The lowest BCUT2D eigenvalue weighted by Crippen LogP contribution is -2.30. The summed E-state index contributed by atoms with van der Waals surface area (Å²) in [4.78, 5) is 15.2. The van der Waals surface area contributed by atoms with Crippen LogP contribution in [-0.2, 0) is 6.61 Å². The number of hydrogen-bond donors (Lipinski definition) is 0. The Labute approximate surface area is 186 Å².